The van der Waals surface area contributed by atoms with Crippen molar-refractivity contribution < 1.29 is 5.11 Å². The second-order valence-electron chi connectivity index (χ2n) is 4.24. The Morgan fingerprint density at radius 2 is 1.93 bits per heavy atom. The van der Waals surface area contributed by atoms with Gasteiger partial charge in [0.1, 0.15) is 5.75 Å². The zero-order valence-corrected chi connectivity index (χ0v) is 9.59. The highest BCUT2D eigenvalue weighted by molar-refractivity contribution is 5.43. The predicted molar refractivity (Wildman–Crippen MR) is 60.9 cm³/mol. The van der Waals surface area contributed by atoms with Gasteiger partial charge in [0.15, 0.2) is 0 Å². The normalized spacial score (nSPS) is 10.9. The molecule has 1 rings (SSSR count). The van der Waals surface area contributed by atoms with Crippen molar-refractivity contribution in [2.75, 3.05) is 0 Å². The van der Waals surface area contributed by atoms with Crippen LogP contribution in [0.25, 0.3) is 0 Å². The van der Waals surface area contributed by atoms with Crippen LogP contribution >= 0.6 is 0 Å². The summed E-state index contributed by atoms with van der Waals surface area (Å²) in [4.78, 5) is 0. The molecule has 0 saturated carbocycles. The highest BCUT2D eigenvalue weighted by atomic mass is 16.3. The van der Waals surface area contributed by atoms with E-state index in [1.807, 2.05) is 6.07 Å². The van der Waals surface area contributed by atoms with Crippen LogP contribution in [0.4, 0.5) is 0 Å². The molecule has 0 aromatic heterocycles. The van der Waals surface area contributed by atoms with E-state index < -0.39 is 0 Å². The van der Waals surface area contributed by atoms with Crippen LogP contribution < -0.4 is 0 Å². The average molecular weight is 192 g/mol. The van der Waals surface area contributed by atoms with E-state index in [2.05, 4.69) is 33.8 Å². The molecule has 0 heterocycles. The van der Waals surface area contributed by atoms with Gasteiger partial charge in [0.05, 0.1) is 0 Å². The molecule has 1 heteroatoms. The number of phenols is 1. The summed E-state index contributed by atoms with van der Waals surface area (Å²) < 4.78 is 0. The molecule has 0 amide bonds. The average Bonchev–Trinajstić information content (AvgIpc) is 2.09. The van der Waals surface area contributed by atoms with Crippen molar-refractivity contribution in [1.29, 1.82) is 0 Å². The number of hydrogen-bond donors (Lipinski definition) is 1. The van der Waals surface area contributed by atoms with Gasteiger partial charge in [-0.3, -0.25) is 0 Å². The Kier molecular flexibility index (Phi) is 3.56. The lowest BCUT2D eigenvalue weighted by Gasteiger charge is -2.13. The highest BCUT2D eigenvalue weighted by Crippen LogP contribution is 2.29. The first kappa shape index (κ1) is 11.1. The number of phenolic OH excluding ortho intramolecular Hbond substituents is 1. The van der Waals surface area contributed by atoms with Crippen LogP contribution in [0, 0.1) is 6.92 Å². The van der Waals surface area contributed by atoms with E-state index in [-0.39, 0.29) is 0 Å². The van der Waals surface area contributed by atoms with Crippen molar-refractivity contribution >= 4 is 0 Å². The first-order chi connectivity index (χ1) is 6.56. The summed E-state index contributed by atoms with van der Waals surface area (Å²) >= 11 is 0. The van der Waals surface area contributed by atoms with Crippen LogP contribution in [0.1, 0.15) is 49.8 Å². The maximum absolute atomic E-state index is 9.75. The van der Waals surface area contributed by atoms with Crippen LogP contribution in [-0.2, 0) is 6.42 Å². The van der Waals surface area contributed by atoms with E-state index in [4.69, 9.17) is 0 Å². The summed E-state index contributed by atoms with van der Waals surface area (Å²) in [6.45, 7) is 8.47. The standard InChI is InChI=1S/C13H20O/c1-5-6-11-8-12(9(2)3)13(14)7-10(11)4/h7-9,14H,5-6H2,1-4H3. The summed E-state index contributed by atoms with van der Waals surface area (Å²) in [5.74, 6) is 0.837. The van der Waals surface area contributed by atoms with E-state index in [9.17, 15) is 5.11 Å². The Labute approximate surface area is 86.8 Å². The second-order valence-corrected chi connectivity index (χ2v) is 4.24. The van der Waals surface area contributed by atoms with Gasteiger partial charge in [-0.25, -0.2) is 0 Å². The zero-order valence-electron chi connectivity index (χ0n) is 9.59. The summed E-state index contributed by atoms with van der Waals surface area (Å²) in [6, 6.07) is 4.04. The predicted octanol–water partition coefficient (Wildman–Crippen LogP) is 3.78. The molecule has 1 aromatic carbocycles. The van der Waals surface area contributed by atoms with Crippen molar-refractivity contribution in [3.8, 4) is 5.75 Å². The summed E-state index contributed by atoms with van der Waals surface area (Å²) in [7, 11) is 0. The molecule has 1 N–H and O–H groups in total. The fourth-order valence-electron chi connectivity index (χ4n) is 1.76. The van der Waals surface area contributed by atoms with Crippen molar-refractivity contribution in [2.24, 2.45) is 0 Å². The SMILES string of the molecule is CCCc1cc(C(C)C)c(O)cc1C. The van der Waals surface area contributed by atoms with Crippen molar-refractivity contribution in [3.63, 3.8) is 0 Å². The van der Waals surface area contributed by atoms with Gasteiger partial charge >= 0.3 is 0 Å². The van der Waals surface area contributed by atoms with Crippen LogP contribution in [-0.4, -0.2) is 5.11 Å². The van der Waals surface area contributed by atoms with Crippen LogP contribution in [0.15, 0.2) is 12.1 Å². The molecular formula is C13H20O. The fourth-order valence-corrected chi connectivity index (χ4v) is 1.76. The van der Waals surface area contributed by atoms with Crippen LogP contribution in [0.3, 0.4) is 0 Å². The van der Waals surface area contributed by atoms with Gasteiger partial charge < -0.3 is 5.11 Å². The minimum atomic E-state index is 0.395. The summed E-state index contributed by atoms with van der Waals surface area (Å²) in [5.41, 5.74) is 3.64. The zero-order chi connectivity index (χ0) is 10.7. The Bertz CT molecular complexity index is 313. The minimum absolute atomic E-state index is 0.395. The molecule has 0 aliphatic carbocycles. The van der Waals surface area contributed by atoms with Gasteiger partial charge in [0, 0.05) is 0 Å². The van der Waals surface area contributed by atoms with Gasteiger partial charge in [-0.05, 0) is 42.0 Å². The maximum Gasteiger partial charge on any atom is 0.119 e. The first-order valence-corrected chi connectivity index (χ1v) is 5.38. The van der Waals surface area contributed by atoms with Gasteiger partial charge in [0.2, 0.25) is 0 Å². The lowest BCUT2D eigenvalue weighted by Crippen LogP contribution is -1.95. The molecule has 1 nitrogen and oxygen atoms in total. The van der Waals surface area contributed by atoms with E-state index in [0.717, 1.165) is 18.4 Å². The first-order valence-electron chi connectivity index (χ1n) is 5.38. The molecule has 0 unspecified atom stereocenters. The smallest absolute Gasteiger partial charge is 0.119 e. The third kappa shape index (κ3) is 2.28. The Morgan fingerprint density at radius 1 is 1.29 bits per heavy atom. The number of rotatable bonds is 3. The largest absolute Gasteiger partial charge is 0.508 e. The quantitative estimate of drug-likeness (QED) is 0.772. The molecule has 0 bridgehead atoms. The van der Waals surface area contributed by atoms with E-state index in [1.54, 1.807) is 0 Å². The maximum atomic E-state index is 9.75. The summed E-state index contributed by atoms with van der Waals surface area (Å²) in [5, 5.41) is 9.75. The number of aromatic hydroxyl groups is 1. The number of hydrogen-bond acceptors (Lipinski definition) is 1. The molecule has 0 fully saturated rings. The van der Waals surface area contributed by atoms with Gasteiger partial charge in [-0.1, -0.05) is 33.3 Å². The molecule has 0 atom stereocenters. The molecule has 14 heavy (non-hydrogen) atoms. The van der Waals surface area contributed by atoms with Crippen molar-refractivity contribution in [1.82, 2.24) is 0 Å². The molecule has 0 saturated heterocycles. The molecule has 78 valence electrons. The molecule has 1 aromatic rings. The van der Waals surface area contributed by atoms with Crippen molar-refractivity contribution in [2.45, 2.75) is 46.5 Å². The molecule has 0 aliphatic heterocycles. The monoisotopic (exact) mass is 192 g/mol. The fraction of sp³-hybridized carbons (Fsp3) is 0.538. The van der Waals surface area contributed by atoms with E-state index in [1.165, 1.54) is 11.1 Å². The summed E-state index contributed by atoms with van der Waals surface area (Å²) in [6.07, 6.45) is 2.26. The van der Waals surface area contributed by atoms with E-state index in [0.29, 0.717) is 11.7 Å². The lowest BCUT2D eigenvalue weighted by atomic mass is 9.95. The second kappa shape index (κ2) is 4.50. The molecule has 0 spiro atoms. The minimum Gasteiger partial charge on any atom is -0.508 e. The number of aryl methyl sites for hydroxylation is 2. The third-order valence-corrected chi connectivity index (χ3v) is 2.63. The Hall–Kier alpha value is -0.980. The third-order valence-electron chi connectivity index (χ3n) is 2.63. The highest BCUT2D eigenvalue weighted by Gasteiger charge is 2.08. The Morgan fingerprint density at radius 3 is 2.43 bits per heavy atom. The van der Waals surface area contributed by atoms with Crippen molar-refractivity contribution in [3.05, 3.63) is 28.8 Å². The molecule has 0 radical (unpaired) electrons. The van der Waals surface area contributed by atoms with Crippen LogP contribution in [0.5, 0.6) is 5.75 Å². The molecule has 0 aliphatic rings. The van der Waals surface area contributed by atoms with Crippen LogP contribution in [0.2, 0.25) is 0 Å². The Balaban J connectivity index is 3.13. The molecular weight excluding hydrogens is 172 g/mol. The lowest BCUT2D eigenvalue weighted by molar-refractivity contribution is 0.464. The van der Waals surface area contributed by atoms with Gasteiger partial charge in [-0.15, -0.1) is 0 Å². The van der Waals surface area contributed by atoms with Gasteiger partial charge in [-0.2, -0.15) is 0 Å². The topological polar surface area (TPSA) is 20.2 Å². The van der Waals surface area contributed by atoms with E-state index >= 15 is 0 Å². The van der Waals surface area contributed by atoms with Gasteiger partial charge in [0.25, 0.3) is 0 Å². The number of benzene rings is 1.